The van der Waals surface area contributed by atoms with Crippen LogP contribution in [0.15, 0.2) is 22.7 Å². The van der Waals surface area contributed by atoms with Crippen LogP contribution in [0.4, 0.5) is 0 Å². The molecule has 0 radical (unpaired) electrons. The fourth-order valence-corrected chi connectivity index (χ4v) is 3.83. The van der Waals surface area contributed by atoms with Gasteiger partial charge in [-0.15, -0.1) is 0 Å². The third-order valence-corrected chi connectivity index (χ3v) is 5.65. The predicted octanol–water partition coefficient (Wildman–Crippen LogP) is 2.12. The van der Waals surface area contributed by atoms with Gasteiger partial charge in [0.1, 0.15) is 0 Å². The summed E-state index contributed by atoms with van der Waals surface area (Å²) in [5.41, 5.74) is 0.627. The molecule has 1 aromatic heterocycles. The van der Waals surface area contributed by atoms with E-state index in [4.69, 9.17) is 27.7 Å². The molecule has 24 heavy (non-hydrogen) atoms. The van der Waals surface area contributed by atoms with Crippen molar-refractivity contribution in [3.8, 4) is 11.5 Å². The summed E-state index contributed by atoms with van der Waals surface area (Å²) in [6.45, 7) is 2.67. The Kier molecular flexibility index (Phi) is 5.12. The minimum absolute atomic E-state index is 0.335. The van der Waals surface area contributed by atoms with Gasteiger partial charge >= 0.3 is 0 Å². The lowest BCUT2D eigenvalue weighted by Gasteiger charge is -2.32. The molecule has 2 heterocycles. The van der Waals surface area contributed by atoms with Crippen LogP contribution in [-0.4, -0.2) is 60.2 Å². The Morgan fingerprint density at radius 1 is 1.21 bits per heavy atom. The predicted molar refractivity (Wildman–Crippen MR) is 91.4 cm³/mol. The molecule has 0 atom stereocenters. The lowest BCUT2D eigenvalue weighted by Crippen LogP contribution is -2.47. The summed E-state index contributed by atoms with van der Waals surface area (Å²) in [5, 5.41) is 4.95. The van der Waals surface area contributed by atoms with E-state index in [0.29, 0.717) is 60.0 Å². The van der Waals surface area contributed by atoms with E-state index in [2.05, 4.69) is 15.0 Å². The second-order valence-electron chi connectivity index (χ2n) is 5.58. The highest BCUT2D eigenvalue weighted by Gasteiger charge is 2.24. The minimum Gasteiger partial charge on any atom is -0.334 e. The molecule has 0 N–H and O–H groups in total. The third kappa shape index (κ3) is 4.07. The van der Waals surface area contributed by atoms with Crippen molar-refractivity contribution in [1.29, 1.82) is 0 Å². The topological polar surface area (TPSA) is 79.5 Å². The van der Waals surface area contributed by atoms with Crippen LogP contribution >= 0.6 is 23.2 Å². The average Bonchev–Trinajstić information content (AvgIpc) is 2.95. The Morgan fingerprint density at radius 3 is 2.54 bits per heavy atom. The number of aromatic nitrogens is 2. The summed E-state index contributed by atoms with van der Waals surface area (Å²) in [6.07, 6.45) is 1.23. The van der Waals surface area contributed by atoms with Gasteiger partial charge in [0, 0.05) is 31.2 Å². The molecular formula is C14H16Cl2N4O3S. The van der Waals surface area contributed by atoms with Crippen LogP contribution in [0, 0.1) is 0 Å². The molecule has 7 nitrogen and oxygen atoms in total. The average molecular weight is 391 g/mol. The van der Waals surface area contributed by atoms with Gasteiger partial charge in [-0.2, -0.15) is 9.29 Å². The SMILES string of the molecule is CS(=O)(=O)N1CCN(Cc2noc(-c3ccc(Cl)cc3Cl)n2)CC1. The summed E-state index contributed by atoms with van der Waals surface area (Å²) >= 11 is 12.0. The van der Waals surface area contributed by atoms with Gasteiger partial charge in [-0.1, -0.05) is 28.4 Å². The summed E-state index contributed by atoms with van der Waals surface area (Å²) in [4.78, 5) is 6.44. The standard InChI is InChI=1S/C14H16Cl2N4O3S/c1-24(21,22)20-6-4-19(5-7-20)9-13-17-14(23-18-13)11-3-2-10(15)8-12(11)16/h2-3,8H,4-7,9H2,1H3. The zero-order valence-corrected chi connectivity index (χ0v) is 15.3. The number of halogens is 2. The Labute approximate surface area is 150 Å². The molecule has 3 rings (SSSR count). The molecule has 2 aromatic rings. The van der Waals surface area contributed by atoms with E-state index in [1.54, 1.807) is 18.2 Å². The molecular weight excluding hydrogens is 375 g/mol. The maximum absolute atomic E-state index is 11.5. The molecule has 0 saturated carbocycles. The number of benzene rings is 1. The van der Waals surface area contributed by atoms with Crippen LogP contribution < -0.4 is 0 Å². The maximum atomic E-state index is 11.5. The van der Waals surface area contributed by atoms with Gasteiger partial charge in [-0.25, -0.2) is 8.42 Å². The highest BCUT2D eigenvalue weighted by Crippen LogP contribution is 2.29. The largest absolute Gasteiger partial charge is 0.334 e. The van der Waals surface area contributed by atoms with Gasteiger partial charge in [-0.05, 0) is 18.2 Å². The van der Waals surface area contributed by atoms with E-state index in [1.165, 1.54) is 10.6 Å². The van der Waals surface area contributed by atoms with Crippen molar-refractivity contribution in [2.75, 3.05) is 32.4 Å². The molecule has 1 aliphatic rings. The van der Waals surface area contributed by atoms with Crippen LogP contribution in [0.2, 0.25) is 10.0 Å². The van der Waals surface area contributed by atoms with Gasteiger partial charge in [0.15, 0.2) is 5.82 Å². The Bertz CT molecular complexity index is 832. The molecule has 0 aliphatic carbocycles. The molecule has 10 heteroatoms. The highest BCUT2D eigenvalue weighted by atomic mass is 35.5. The summed E-state index contributed by atoms with van der Waals surface area (Å²) in [6, 6.07) is 5.05. The van der Waals surface area contributed by atoms with Crippen molar-refractivity contribution in [3.05, 3.63) is 34.1 Å². The van der Waals surface area contributed by atoms with Crippen LogP contribution in [0.1, 0.15) is 5.82 Å². The van der Waals surface area contributed by atoms with Gasteiger partial charge in [0.2, 0.25) is 10.0 Å². The van der Waals surface area contributed by atoms with Gasteiger partial charge in [0.05, 0.1) is 23.4 Å². The van der Waals surface area contributed by atoms with E-state index in [-0.39, 0.29) is 0 Å². The minimum atomic E-state index is -3.13. The molecule has 130 valence electrons. The van der Waals surface area contributed by atoms with Crippen molar-refractivity contribution >= 4 is 33.2 Å². The van der Waals surface area contributed by atoms with E-state index >= 15 is 0 Å². The molecule has 0 amide bonds. The van der Waals surface area contributed by atoms with Crippen LogP contribution in [-0.2, 0) is 16.6 Å². The fraction of sp³-hybridized carbons (Fsp3) is 0.429. The Balaban J connectivity index is 1.65. The van der Waals surface area contributed by atoms with E-state index in [9.17, 15) is 8.42 Å². The fourth-order valence-electron chi connectivity index (χ4n) is 2.51. The zero-order valence-electron chi connectivity index (χ0n) is 12.9. The van der Waals surface area contributed by atoms with Crippen LogP contribution in [0.25, 0.3) is 11.5 Å². The number of hydrogen-bond donors (Lipinski definition) is 0. The number of nitrogens with zero attached hydrogens (tertiary/aromatic N) is 4. The van der Waals surface area contributed by atoms with Crippen molar-refractivity contribution in [2.24, 2.45) is 0 Å². The summed E-state index contributed by atoms with van der Waals surface area (Å²) < 4.78 is 29.8. The maximum Gasteiger partial charge on any atom is 0.259 e. The number of rotatable bonds is 4. The monoisotopic (exact) mass is 390 g/mol. The number of piperazine rings is 1. The van der Waals surface area contributed by atoms with E-state index < -0.39 is 10.0 Å². The molecule has 0 bridgehead atoms. The lowest BCUT2D eigenvalue weighted by atomic mass is 10.2. The van der Waals surface area contributed by atoms with Crippen molar-refractivity contribution < 1.29 is 12.9 Å². The van der Waals surface area contributed by atoms with E-state index in [0.717, 1.165) is 0 Å². The normalized spacial score (nSPS) is 17.3. The second-order valence-corrected chi connectivity index (χ2v) is 8.40. The second kappa shape index (κ2) is 6.97. The Hall–Kier alpha value is -1.19. The highest BCUT2D eigenvalue weighted by molar-refractivity contribution is 7.88. The molecule has 0 spiro atoms. The number of hydrogen-bond acceptors (Lipinski definition) is 6. The van der Waals surface area contributed by atoms with E-state index in [1.807, 2.05) is 0 Å². The van der Waals surface area contributed by atoms with Crippen molar-refractivity contribution in [3.63, 3.8) is 0 Å². The third-order valence-electron chi connectivity index (χ3n) is 3.79. The smallest absolute Gasteiger partial charge is 0.259 e. The quantitative estimate of drug-likeness (QED) is 0.795. The van der Waals surface area contributed by atoms with Crippen LogP contribution in [0.3, 0.4) is 0 Å². The Morgan fingerprint density at radius 2 is 1.92 bits per heavy atom. The molecule has 1 fully saturated rings. The molecule has 1 saturated heterocycles. The van der Waals surface area contributed by atoms with Crippen molar-refractivity contribution in [1.82, 2.24) is 19.3 Å². The first kappa shape index (κ1) is 17.6. The zero-order chi connectivity index (χ0) is 17.3. The summed E-state index contributed by atoms with van der Waals surface area (Å²) in [5.74, 6) is 0.866. The van der Waals surface area contributed by atoms with Gasteiger partial charge in [0.25, 0.3) is 5.89 Å². The molecule has 0 unspecified atom stereocenters. The van der Waals surface area contributed by atoms with Crippen molar-refractivity contribution in [2.45, 2.75) is 6.54 Å². The first-order valence-electron chi connectivity index (χ1n) is 7.28. The molecule has 1 aromatic carbocycles. The first-order chi connectivity index (χ1) is 11.3. The lowest BCUT2D eigenvalue weighted by molar-refractivity contribution is 0.177. The number of sulfonamides is 1. The molecule has 1 aliphatic heterocycles. The van der Waals surface area contributed by atoms with Crippen LogP contribution in [0.5, 0.6) is 0 Å². The van der Waals surface area contributed by atoms with Gasteiger partial charge < -0.3 is 4.52 Å². The van der Waals surface area contributed by atoms with Gasteiger partial charge in [-0.3, -0.25) is 4.90 Å². The summed E-state index contributed by atoms with van der Waals surface area (Å²) in [7, 11) is -3.13. The first-order valence-corrected chi connectivity index (χ1v) is 9.89.